The van der Waals surface area contributed by atoms with Gasteiger partial charge < -0.3 is 20.3 Å². The lowest BCUT2D eigenvalue weighted by Gasteiger charge is -2.19. The standard InChI is InChI=1S/C14H22N4O2/c1-10(15-2)11-4-6-16-13(8-11)18-7-5-12(9-18)17-14(19)20-3/h4,6,8,10,12,15H,5,7,9H2,1-3H3,(H,17,19). The first-order valence-electron chi connectivity index (χ1n) is 6.86. The zero-order valence-corrected chi connectivity index (χ0v) is 12.2. The molecule has 0 bridgehead atoms. The van der Waals surface area contributed by atoms with Crippen molar-refractivity contribution < 1.29 is 9.53 Å². The zero-order chi connectivity index (χ0) is 14.5. The molecule has 1 aliphatic rings. The molecule has 0 aromatic carbocycles. The molecule has 0 saturated carbocycles. The Labute approximate surface area is 119 Å². The number of aromatic nitrogens is 1. The van der Waals surface area contributed by atoms with Gasteiger partial charge in [0.05, 0.1) is 13.2 Å². The van der Waals surface area contributed by atoms with Crippen molar-refractivity contribution >= 4 is 11.9 Å². The Bertz CT molecular complexity index is 466. The monoisotopic (exact) mass is 278 g/mol. The zero-order valence-electron chi connectivity index (χ0n) is 12.2. The van der Waals surface area contributed by atoms with Crippen molar-refractivity contribution in [2.45, 2.75) is 25.4 Å². The summed E-state index contributed by atoms with van der Waals surface area (Å²) >= 11 is 0. The minimum Gasteiger partial charge on any atom is -0.453 e. The van der Waals surface area contributed by atoms with Gasteiger partial charge in [-0.2, -0.15) is 0 Å². The van der Waals surface area contributed by atoms with E-state index in [4.69, 9.17) is 0 Å². The maximum atomic E-state index is 11.2. The Morgan fingerprint density at radius 2 is 2.40 bits per heavy atom. The fourth-order valence-electron chi connectivity index (χ4n) is 2.35. The van der Waals surface area contributed by atoms with E-state index in [1.165, 1.54) is 12.7 Å². The van der Waals surface area contributed by atoms with Gasteiger partial charge in [0.25, 0.3) is 0 Å². The number of hydrogen-bond acceptors (Lipinski definition) is 5. The largest absolute Gasteiger partial charge is 0.453 e. The topological polar surface area (TPSA) is 66.5 Å². The number of rotatable bonds is 4. The average molecular weight is 278 g/mol. The molecule has 0 aliphatic carbocycles. The fourth-order valence-corrected chi connectivity index (χ4v) is 2.35. The molecular weight excluding hydrogens is 256 g/mol. The van der Waals surface area contributed by atoms with Crippen molar-refractivity contribution in [1.29, 1.82) is 0 Å². The van der Waals surface area contributed by atoms with Crippen LogP contribution in [0.1, 0.15) is 24.9 Å². The number of ether oxygens (including phenoxy) is 1. The number of carbonyl (C=O) groups excluding carboxylic acids is 1. The van der Waals surface area contributed by atoms with Gasteiger partial charge in [-0.1, -0.05) is 0 Å². The molecule has 2 rings (SSSR count). The van der Waals surface area contributed by atoms with Crippen molar-refractivity contribution in [3.63, 3.8) is 0 Å². The molecule has 1 fully saturated rings. The molecule has 1 aromatic rings. The van der Waals surface area contributed by atoms with E-state index >= 15 is 0 Å². The van der Waals surface area contributed by atoms with Gasteiger partial charge >= 0.3 is 6.09 Å². The second kappa shape index (κ2) is 6.56. The van der Waals surface area contributed by atoms with Crippen molar-refractivity contribution in [3.8, 4) is 0 Å². The van der Waals surface area contributed by atoms with Crippen LogP contribution in [0.3, 0.4) is 0 Å². The molecule has 20 heavy (non-hydrogen) atoms. The molecule has 110 valence electrons. The van der Waals surface area contributed by atoms with Gasteiger partial charge in [-0.25, -0.2) is 9.78 Å². The van der Waals surface area contributed by atoms with E-state index < -0.39 is 0 Å². The SMILES string of the molecule is CNC(C)c1ccnc(N2CCC(NC(=O)OC)C2)c1. The van der Waals surface area contributed by atoms with Gasteiger partial charge in [0, 0.05) is 25.3 Å². The summed E-state index contributed by atoms with van der Waals surface area (Å²) in [4.78, 5) is 17.8. The number of nitrogens with one attached hydrogen (secondary N) is 2. The Hall–Kier alpha value is -1.82. The number of carbonyl (C=O) groups is 1. The lowest BCUT2D eigenvalue weighted by atomic mass is 10.1. The van der Waals surface area contributed by atoms with E-state index in [0.29, 0.717) is 6.04 Å². The molecule has 0 spiro atoms. The highest BCUT2D eigenvalue weighted by Crippen LogP contribution is 2.21. The first kappa shape index (κ1) is 14.6. The highest BCUT2D eigenvalue weighted by molar-refractivity contribution is 5.67. The predicted molar refractivity (Wildman–Crippen MR) is 77.9 cm³/mol. The van der Waals surface area contributed by atoms with Crippen LogP contribution in [0, 0.1) is 0 Å². The smallest absolute Gasteiger partial charge is 0.407 e. The molecule has 6 heteroatoms. The fraction of sp³-hybridized carbons (Fsp3) is 0.571. The second-order valence-corrected chi connectivity index (χ2v) is 5.03. The van der Waals surface area contributed by atoms with Crippen LogP contribution in [0.5, 0.6) is 0 Å². The van der Waals surface area contributed by atoms with Gasteiger partial charge in [0.15, 0.2) is 0 Å². The predicted octanol–water partition coefficient (Wildman–Crippen LogP) is 1.30. The summed E-state index contributed by atoms with van der Waals surface area (Å²) in [5.74, 6) is 0.957. The van der Waals surface area contributed by atoms with Crippen LogP contribution in [0.4, 0.5) is 10.6 Å². The van der Waals surface area contributed by atoms with Gasteiger partial charge in [-0.05, 0) is 38.1 Å². The molecule has 1 amide bonds. The minimum absolute atomic E-state index is 0.120. The van der Waals surface area contributed by atoms with Crippen molar-refractivity contribution in [2.24, 2.45) is 0 Å². The normalized spacial score (nSPS) is 19.8. The Morgan fingerprint density at radius 3 is 3.10 bits per heavy atom. The molecular formula is C14H22N4O2. The molecule has 0 radical (unpaired) electrons. The molecule has 1 saturated heterocycles. The highest BCUT2D eigenvalue weighted by Gasteiger charge is 2.25. The summed E-state index contributed by atoms with van der Waals surface area (Å²) in [6, 6.07) is 4.53. The minimum atomic E-state index is -0.373. The average Bonchev–Trinajstić information content (AvgIpc) is 2.94. The highest BCUT2D eigenvalue weighted by atomic mass is 16.5. The van der Waals surface area contributed by atoms with E-state index in [1.54, 1.807) is 0 Å². The summed E-state index contributed by atoms with van der Waals surface area (Å²) in [5, 5.41) is 6.06. The molecule has 2 unspecified atom stereocenters. The lowest BCUT2D eigenvalue weighted by molar-refractivity contribution is 0.167. The summed E-state index contributed by atoms with van der Waals surface area (Å²) in [5.41, 5.74) is 1.21. The van der Waals surface area contributed by atoms with Crippen LogP contribution < -0.4 is 15.5 Å². The number of amides is 1. The van der Waals surface area contributed by atoms with Crippen LogP contribution in [0.25, 0.3) is 0 Å². The summed E-state index contributed by atoms with van der Waals surface area (Å²) in [7, 11) is 3.32. The van der Waals surface area contributed by atoms with Crippen LogP contribution in [-0.2, 0) is 4.74 Å². The van der Waals surface area contributed by atoms with Gasteiger partial charge in [-0.15, -0.1) is 0 Å². The first-order chi connectivity index (χ1) is 9.63. The third kappa shape index (κ3) is 3.39. The van der Waals surface area contributed by atoms with Crippen molar-refractivity contribution in [2.75, 3.05) is 32.1 Å². The van der Waals surface area contributed by atoms with Crippen LogP contribution in [0.15, 0.2) is 18.3 Å². The lowest BCUT2D eigenvalue weighted by Crippen LogP contribution is -2.37. The van der Waals surface area contributed by atoms with Crippen LogP contribution in [0.2, 0.25) is 0 Å². The Morgan fingerprint density at radius 1 is 1.60 bits per heavy atom. The number of anilines is 1. The third-order valence-electron chi connectivity index (χ3n) is 3.72. The Kier molecular flexibility index (Phi) is 4.79. The number of nitrogens with zero attached hydrogens (tertiary/aromatic N) is 2. The van der Waals surface area contributed by atoms with Crippen molar-refractivity contribution in [3.05, 3.63) is 23.9 Å². The van der Waals surface area contributed by atoms with Crippen molar-refractivity contribution in [1.82, 2.24) is 15.6 Å². The van der Waals surface area contributed by atoms with Gasteiger partial charge in [0.1, 0.15) is 5.82 Å². The summed E-state index contributed by atoms with van der Waals surface area (Å²) in [6.07, 6.45) is 2.37. The Balaban J connectivity index is 2.01. The molecule has 1 aliphatic heterocycles. The maximum Gasteiger partial charge on any atom is 0.407 e. The number of methoxy groups -OCH3 is 1. The van der Waals surface area contributed by atoms with E-state index in [0.717, 1.165) is 25.3 Å². The van der Waals surface area contributed by atoms with E-state index in [1.807, 2.05) is 19.3 Å². The molecule has 2 heterocycles. The second-order valence-electron chi connectivity index (χ2n) is 5.03. The molecule has 2 atom stereocenters. The third-order valence-corrected chi connectivity index (χ3v) is 3.72. The maximum absolute atomic E-state index is 11.2. The summed E-state index contributed by atoms with van der Waals surface area (Å²) < 4.78 is 4.63. The molecule has 1 aromatic heterocycles. The van der Waals surface area contributed by atoms with Crippen LogP contribution in [-0.4, -0.2) is 44.4 Å². The molecule has 6 nitrogen and oxygen atoms in total. The quantitative estimate of drug-likeness (QED) is 0.869. The van der Waals surface area contributed by atoms with Gasteiger partial charge in [-0.3, -0.25) is 0 Å². The summed E-state index contributed by atoms with van der Waals surface area (Å²) in [6.45, 7) is 3.77. The number of hydrogen-bond donors (Lipinski definition) is 2. The molecule has 2 N–H and O–H groups in total. The van der Waals surface area contributed by atoms with Gasteiger partial charge in [0.2, 0.25) is 0 Å². The first-order valence-corrected chi connectivity index (χ1v) is 6.86. The van der Waals surface area contributed by atoms with E-state index in [2.05, 4.69) is 38.2 Å². The number of pyridine rings is 1. The number of alkyl carbamates (subject to hydrolysis) is 1. The van der Waals surface area contributed by atoms with E-state index in [9.17, 15) is 4.79 Å². The van der Waals surface area contributed by atoms with Crippen LogP contribution >= 0.6 is 0 Å². The van der Waals surface area contributed by atoms with E-state index in [-0.39, 0.29) is 12.1 Å².